The molecule has 0 radical (unpaired) electrons. The Labute approximate surface area is 224 Å². The number of hydrogen-bond acceptors (Lipinski definition) is 7. The van der Waals surface area contributed by atoms with E-state index in [-0.39, 0.29) is 29.8 Å². The summed E-state index contributed by atoms with van der Waals surface area (Å²) in [5.74, 6) is -2.29. The van der Waals surface area contributed by atoms with Crippen LogP contribution in [0.25, 0.3) is 11.3 Å². The molecule has 2 aromatic heterocycles. The SMILES string of the molecule is CN/C=C\C(=N)c1cc(C(=O)Nc2cnc(Cn3cccnc3=O)nc2-c2ccccc2)c(F)cc1C(F)(F)F. The van der Waals surface area contributed by atoms with Crippen molar-refractivity contribution in [3.05, 3.63) is 118 Å². The molecule has 204 valence electrons. The van der Waals surface area contributed by atoms with Gasteiger partial charge in [-0.25, -0.2) is 24.1 Å². The molecular weight excluding hydrogens is 530 g/mol. The fraction of sp³-hybridized carbons (Fsp3) is 0.111. The summed E-state index contributed by atoms with van der Waals surface area (Å²) in [6, 6.07) is 11.0. The Balaban J connectivity index is 1.74. The summed E-state index contributed by atoms with van der Waals surface area (Å²) in [4.78, 5) is 37.5. The Morgan fingerprint density at radius 3 is 2.52 bits per heavy atom. The van der Waals surface area contributed by atoms with Gasteiger partial charge in [-0.3, -0.25) is 9.36 Å². The van der Waals surface area contributed by atoms with Crippen LogP contribution < -0.4 is 16.3 Å². The Bertz CT molecular complexity index is 1650. The zero-order valence-corrected chi connectivity index (χ0v) is 20.8. The van der Waals surface area contributed by atoms with Crippen LogP contribution in [-0.4, -0.2) is 38.2 Å². The minimum absolute atomic E-state index is 0.0279. The van der Waals surface area contributed by atoms with Crippen molar-refractivity contribution in [3.8, 4) is 11.3 Å². The van der Waals surface area contributed by atoms with E-state index in [1.165, 1.54) is 36.4 Å². The summed E-state index contributed by atoms with van der Waals surface area (Å²) in [5.41, 5.74) is -3.06. The van der Waals surface area contributed by atoms with E-state index < -0.39 is 46.0 Å². The highest BCUT2D eigenvalue weighted by Crippen LogP contribution is 2.34. The third-order valence-corrected chi connectivity index (χ3v) is 5.59. The second kappa shape index (κ2) is 11.7. The van der Waals surface area contributed by atoms with Crippen molar-refractivity contribution in [2.24, 2.45) is 0 Å². The lowest BCUT2D eigenvalue weighted by atomic mass is 9.98. The van der Waals surface area contributed by atoms with Gasteiger partial charge < -0.3 is 16.0 Å². The Morgan fingerprint density at radius 1 is 1.10 bits per heavy atom. The van der Waals surface area contributed by atoms with Gasteiger partial charge in [0.1, 0.15) is 11.6 Å². The quantitative estimate of drug-likeness (QED) is 0.222. The van der Waals surface area contributed by atoms with Crippen molar-refractivity contribution in [1.82, 2.24) is 24.8 Å². The first kappa shape index (κ1) is 27.8. The van der Waals surface area contributed by atoms with E-state index in [0.717, 1.165) is 6.08 Å². The van der Waals surface area contributed by atoms with Gasteiger partial charge in [-0.2, -0.15) is 13.2 Å². The molecule has 1 amide bonds. The topological polar surface area (TPSA) is 126 Å². The third kappa shape index (κ3) is 6.26. The number of carbonyl (C=O) groups excluding carboxylic acids is 1. The van der Waals surface area contributed by atoms with E-state index >= 15 is 0 Å². The molecule has 4 aromatic rings. The van der Waals surface area contributed by atoms with E-state index in [2.05, 4.69) is 25.6 Å². The first-order chi connectivity index (χ1) is 19.1. The maximum absolute atomic E-state index is 14.9. The fourth-order valence-corrected chi connectivity index (χ4v) is 3.71. The fourth-order valence-electron chi connectivity index (χ4n) is 3.71. The summed E-state index contributed by atoms with van der Waals surface area (Å²) in [5, 5.41) is 13.1. The summed E-state index contributed by atoms with van der Waals surface area (Å²) >= 11 is 0. The summed E-state index contributed by atoms with van der Waals surface area (Å²) in [6.07, 6.45) is 1.42. The van der Waals surface area contributed by atoms with Crippen LogP contribution in [0, 0.1) is 11.2 Å². The van der Waals surface area contributed by atoms with Crippen LogP contribution in [0.2, 0.25) is 0 Å². The van der Waals surface area contributed by atoms with Crippen LogP contribution >= 0.6 is 0 Å². The van der Waals surface area contributed by atoms with Gasteiger partial charge in [-0.05, 0) is 30.5 Å². The van der Waals surface area contributed by atoms with E-state index in [9.17, 15) is 27.2 Å². The van der Waals surface area contributed by atoms with Crippen molar-refractivity contribution in [1.29, 1.82) is 5.41 Å². The number of aromatic nitrogens is 4. The maximum atomic E-state index is 14.9. The number of halogens is 4. The lowest BCUT2D eigenvalue weighted by Gasteiger charge is -2.16. The molecule has 2 aromatic carbocycles. The highest BCUT2D eigenvalue weighted by atomic mass is 19.4. The van der Waals surface area contributed by atoms with Crippen molar-refractivity contribution in [2.45, 2.75) is 12.7 Å². The predicted molar refractivity (Wildman–Crippen MR) is 139 cm³/mol. The number of amides is 1. The van der Waals surface area contributed by atoms with Gasteiger partial charge in [0, 0.05) is 30.6 Å². The molecule has 0 saturated heterocycles. The molecule has 0 aliphatic heterocycles. The van der Waals surface area contributed by atoms with Crippen LogP contribution in [0.3, 0.4) is 0 Å². The number of rotatable bonds is 8. The van der Waals surface area contributed by atoms with Crippen molar-refractivity contribution in [3.63, 3.8) is 0 Å². The number of alkyl halides is 3. The van der Waals surface area contributed by atoms with Gasteiger partial charge in [0.2, 0.25) is 0 Å². The lowest BCUT2D eigenvalue weighted by molar-refractivity contribution is -0.137. The molecule has 2 heterocycles. The highest BCUT2D eigenvalue weighted by Gasteiger charge is 2.36. The second-order valence-corrected chi connectivity index (χ2v) is 8.31. The van der Waals surface area contributed by atoms with Gasteiger partial charge in [0.15, 0.2) is 0 Å². The van der Waals surface area contributed by atoms with Crippen LogP contribution in [-0.2, 0) is 12.7 Å². The van der Waals surface area contributed by atoms with E-state index in [0.29, 0.717) is 11.6 Å². The average Bonchev–Trinajstić information content (AvgIpc) is 2.93. The smallest absolute Gasteiger partial charge is 0.394 e. The second-order valence-electron chi connectivity index (χ2n) is 8.31. The molecule has 0 unspecified atom stereocenters. The molecule has 3 N–H and O–H groups in total. The molecule has 13 heteroatoms. The number of anilines is 1. The molecule has 9 nitrogen and oxygen atoms in total. The van der Waals surface area contributed by atoms with Gasteiger partial charge >= 0.3 is 11.9 Å². The van der Waals surface area contributed by atoms with Gasteiger partial charge in [0.25, 0.3) is 5.91 Å². The molecular formula is C27H21F4N7O2. The molecule has 0 saturated carbocycles. The molecule has 0 aliphatic carbocycles. The van der Waals surface area contributed by atoms with Gasteiger partial charge in [-0.1, -0.05) is 30.3 Å². The number of carbonyl (C=O) groups is 1. The van der Waals surface area contributed by atoms with E-state index in [4.69, 9.17) is 5.41 Å². The lowest BCUT2D eigenvalue weighted by Crippen LogP contribution is -2.23. The van der Waals surface area contributed by atoms with E-state index in [1.54, 1.807) is 36.4 Å². The molecule has 0 atom stereocenters. The minimum atomic E-state index is -4.97. The standard InChI is InChI=1S/C27H21F4N7O2/c1-33-10-8-21(32)17-12-18(20(28)13-19(17)27(29,30)31)25(39)36-22-14-35-23(15-38-11-5-9-34-26(38)40)37-24(22)16-6-3-2-4-7-16/h2-14,32-33H,15H2,1H3,(H,36,39)/b10-8-,32-21?. The number of nitrogens with one attached hydrogen (secondary N) is 3. The Morgan fingerprint density at radius 2 is 1.85 bits per heavy atom. The zero-order valence-electron chi connectivity index (χ0n) is 20.8. The largest absolute Gasteiger partial charge is 0.417 e. The monoisotopic (exact) mass is 551 g/mol. The average molecular weight is 552 g/mol. The normalized spacial score (nSPS) is 11.4. The Hall–Kier alpha value is -5.20. The first-order valence-electron chi connectivity index (χ1n) is 11.7. The summed E-state index contributed by atoms with van der Waals surface area (Å²) in [7, 11) is 1.49. The number of nitrogens with zero attached hydrogens (tertiary/aromatic N) is 4. The third-order valence-electron chi connectivity index (χ3n) is 5.59. The van der Waals surface area contributed by atoms with Crippen LogP contribution in [0.4, 0.5) is 23.2 Å². The molecule has 0 aliphatic rings. The minimum Gasteiger partial charge on any atom is -0.394 e. The molecule has 40 heavy (non-hydrogen) atoms. The number of allylic oxidation sites excluding steroid dienone is 1. The number of benzene rings is 2. The van der Waals surface area contributed by atoms with E-state index in [1.807, 2.05) is 0 Å². The number of hydrogen-bond donors (Lipinski definition) is 3. The van der Waals surface area contributed by atoms with Crippen molar-refractivity contribution < 1.29 is 22.4 Å². The summed E-state index contributed by atoms with van der Waals surface area (Å²) in [6.45, 7) is -0.0279. The van der Waals surface area contributed by atoms with Crippen molar-refractivity contribution >= 4 is 17.3 Å². The highest BCUT2D eigenvalue weighted by molar-refractivity contribution is 6.11. The first-order valence-corrected chi connectivity index (χ1v) is 11.7. The van der Waals surface area contributed by atoms with Crippen LogP contribution in [0.5, 0.6) is 0 Å². The summed E-state index contributed by atoms with van der Waals surface area (Å²) < 4.78 is 57.0. The van der Waals surface area contributed by atoms with Crippen molar-refractivity contribution in [2.75, 3.05) is 12.4 Å². The Kier molecular flexibility index (Phi) is 8.12. The molecule has 0 bridgehead atoms. The predicted octanol–water partition coefficient (Wildman–Crippen LogP) is 4.26. The molecule has 0 spiro atoms. The van der Waals surface area contributed by atoms with Crippen LogP contribution in [0.1, 0.15) is 27.3 Å². The van der Waals surface area contributed by atoms with Gasteiger partial charge in [0.05, 0.1) is 41.0 Å². The molecule has 0 fully saturated rings. The molecule has 4 rings (SSSR count). The maximum Gasteiger partial charge on any atom is 0.417 e. The van der Waals surface area contributed by atoms with Gasteiger partial charge in [-0.15, -0.1) is 0 Å². The van der Waals surface area contributed by atoms with Crippen LogP contribution in [0.15, 0.2) is 84.2 Å². The zero-order chi connectivity index (χ0) is 28.9.